The molecule has 14 heavy (non-hydrogen) atoms. The second kappa shape index (κ2) is 6.03. The zero-order valence-corrected chi connectivity index (χ0v) is 9.51. The van der Waals surface area contributed by atoms with Gasteiger partial charge in [-0.25, -0.2) is 0 Å². The van der Waals surface area contributed by atoms with Gasteiger partial charge in [0.05, 0.1) is 5.75 Å². The van der Waals surface area contributed by atoms with Crippen LogP contribution in [0.4, 0.5) is 0 Å². The van der Waals surface area contributed by atoms with E-state index in [9.17, 15) is 0 Å². The largest absolute Gasteiger partial charge is 0.339 e. The van der Waals surface area contributed by atoms with Crippen LogP contribution in [0, 0.1) is 5.92 Å². The molecule has 1 aromatic heterocycles. The predicted octanol–water partition coefficient (Wildman–Crippen LogP) is 1.46. The molecule has 0 bridgehead atoms. The van der Waals surface area contributed by atoms with E-state index in [0.717, 1.165) is 30.3 Å². The third-order valence-electron chi connectivity index (χ3n) is 1.85. The Morgan fingerprint density at radius 1 is 1.57 bits per heavy atom. The third kappa shape index (κ3) is 3.67. The summed E-state index contributed by atoms with van der Waals surface area (Å²) in [4.78, 5) is 4.22. The summed E-state index contributed by atoms with van der Waals surface area (Å²) in [6.45, 7) is 4.88. The van der Waals surface area contributed by atoms with E-state index in [-0.39, 0.29) is 0 Å². The Bertz CT molecular complexity index is 264. The van der Waals surface area contributed by atoms with Gasteiger partial charge >= 0.3 is 0 Å². The van der Waals surface area contributed by atoms with E-state index >= 15 is 0 Å². The lowest BCUT2D eigenvalue weighted by atomic mass is 10.2. The molecule has 0 aliphatic carbocycles. The standard InChI is InChI=1S/C9H17N3OS/c1-3-9-11-8(12-13-9)6-14-5-7(2)4-10/h7H,3-6,10H2,1-2H3. The van der Waals surface area contributed by atoms with Crippen molar-refractivity contribution in [2.45, 2.75) is 26.0 Å². The molecule has 1 heterocycles. The highest BCUT2D eigenvalue weighted by Crippen LogP contribution is 2.12. The van der Waals surface area contributed by atoms with Crippen molar-refractivity contribution in [3.05, 3.63) is 11.7 Å². The Morgan fingerprint density at radius 3 is 2.93 bits per heavy atom. The highest BCUT2D eigenvalue weighted by atomic mass is 32.2. The fourth-order valence-corrected chi connectivity index (χ4v) is 1.87. The summed E-state index contributed by atoms with van der Waals surface area (Å²) >= 11 is 1.80. The first kappa shape index (κ1) is 11.5. The normalized spacial score (nSPS) is 13.1. The molecule has 0 aromatic carbocycles. The van der Waals surface area contributed by atoms with E-state index in [1.165, 1.54) is 0 Å². The Labute approximate surface area is 88.6 Å². The second-order valence-electron chi connectivity index (χ2n) is 3.31. The lowest BCUT2D eigenvalue weighted by molar-refractivity contribution is 0.378. The van der Waals surface area contributed by atoms with Crippen molar-refractivity contribution < 1.29 is 4.52 Å². The smallest absolute Gasteiger partial charge is 0.226 e. The monoisotopic (exact) mass is 215 g/mol. The molecule has 1 unspecified atom stereocenters. The molecule has 0 spiro atoms. The zero-order valence-electron chi connectivity index (χ0n) is 8.69. The number of nitrogens with two attached hydrogens (primary N) is 1. The van der Waals surface area contributed by atoms with Crippen LogP contribution >= 0.6 is 11.8 Å². The lowest BCUT2D eigenvalue weighted by Gasteiger charge is -2.05. The van der Waals surface area contributed by atoms with E-state index < -0.39 is 0 Å². The number of hydrogen-bond acceptors (Lipinski definition) is 5. The van der Waals surface area contributed by atoms with Gasteiger partial charge < -0.3 is 10.3 Å². The van der Waals surface area contributed by atoms with Gasteiger partial charge in [-0.2, -0.15) is 16.7 Å². The summed E-state index contributed by atoms with van der Waals surface area (Å²) in [5, 5.41) is 3.87. The molecule has 0 radical (unpaired) electrons. The number of rotatable bonds is 6. The highest BCUT2D eigenvalue weighted by Gasteiger charge is 2.05. The molecular formula is C9H17N3OS. The van der Waals surface area contributed by atoms with Gasteiger partial charge in [0.1, 0.15) is 0 Å². The van der Waals surface area contributed by atoms with Gasteiger partial charge in [-0.15, -0.1) is 0 Å². The van der Waals surface area contributed by atoms with Gasteiger partial charge in [0.15, 0.2) is 5.82 Å². The first-order valence-electron chi connectivity index (χ1n) is 4.85. The van der Waals surface area contributed by atoms with Crippen LogP contribution in [0.2, 0.25) is 0 Å². The summed E-state index contributed by atoms with van der Waals surface area (Å²) in [5.41, 5.74) is 5.51. The molecule has 1 atom stereocenters. The van der Waals surface area contributed by atoms with Gasteiger partial charge in [0.2, 0.25) is 5.89 Å². The molecule has 0 aliphatic heterocycles. The van der Waals surface area contributed by atoms with E-state index in [1.807, 2.05) is 6.92 Å². The molecule has 0 amide bonds. The van der Waals surface area contributed by atoms with Crippen LogP contribution in [-0.4, -0.2) is 22.4 Å². The molecule has 1 rings (SSSR count). The first-order chi connectivity index (χ1) is 6.76. The lowest BCUT2D eigenvalue weighted by Crippen LogP contribution is -2.12. The van der Waals surface area contributed by atoms with Crippen molar-refractivity contribution in [2.24, 2.45) is 11.7 Å². The molecule has 80 valence electrons. The Morgan fingerprint density at radius 2 is 2.36 bits per heavy atom. The van der Waals surface area contributed by atoms with Crippen molar-refractivity contribution >= 4 is 11.8 Å². The molecule has 0 aliphatic rings. The summed E-state index contributed by atoms with van der Waals surface area (Å²) in [6, 6.07) is 0. The van der Waals surface area contributed by atoms with Crippen LogP contribution < -0.4 is 5.73 Å². The van der Waals surface area contributed by atoms with Crippen molar-refractivity contribution in [3.8, 4) is 0 Å². The minimum absolute atomic E-state index is 0.553. The Kier molecular flexibility index (Phi) is 4.97. The fraction of sp³-hybridized carbons (Fsp3) is 0.778. The molecule has 0 saturated carbocycles. The first-order valence-corrected chi connectivity index (χ1v) is 6.01. The quantitative estimate of drug-likeness (QED) is 0.778. The van der Waals surface area contributed by atoms with E-state index in [2.05, 4.69) is 17.1 Å². The van der Waals surface area contributed by atoms with Gasteiger partial charge in [-0.05, 0) is 18.2 Å². The van der Waals surface area contributed by atoms with Crippen molar-refractivity contribution in [2.75, 3.05) is 12.3 Å². The van der Waals surface area contributed by atoms with Gasteiger partial charge in [-0.1, -0.05) is 19.0 Å². The number of hydrogen-bond donors (Lipinski definition) is 1. The van der Waals surface area contributed by atoms with E-state index in [1.54, 1.807) is 11.8 Å². The molecule has 1 aromatic rings. The summed E-state index contributed by atoms with van der Waals surface area (Å²) < 4.78 is 5.00. The summed E-state index contributed by atoms with van der Waals surface area (Å²) in [7, 11) is 0. The van der Waals surface area contributed by atoms with Crippen molar-refractivity contribution in [3.63, 3.8) is 0 Å². The van der Waals surface area contributed by atoms with Gasteiger partial charge in [-0.3, -0.25) is 0 Å². The number of aromatic nitrogens is 2. The summed E-state index contributed by atoms with van der Waals surface area (Å²) in [6.07, 6.45) is 0.802. The number of thioether (sulfide) groups is 1. The SMILES string of the molecule is CCc1nc(CSCC(C)CN)no1. The van der Waals surface area contributed by atoms with Gasteiger partial charge in [0, 0.05) is 6.42 Å². The average molecular weight is 215 g/mol. The summed E-state index contributed by atoms with van der Waals surface area (Å²) in [5.74, 6) is 3.92. The fourth-order valence-electron chi connectivity index (χ4n) is 0.912. The zero-order chi connectivity index (χ0) is 10.4. The minimum atomic E-state index is 0.553. The average Bonchev–Trinajstić information content (AvgIpc) is 2.65. The maximum Gasteiger partial charge on any atom is 0.226 e. The van der Waals surface area contributed by atoms with Crippen molar-refractivity contribution in [1.82, 2.24) is 10.1 Å². The molecular weight excluding hydrogens is 198 g/mol. The maximum atomic E-state index is 5.51. The van der Waals surface area contributed by atoms with Crippen LogP contribution in [-0.2, 0) is 12.2 Å². The van der Waals surface area contributed by atoms with Crippen LogP contribution in [0.25, 0.3) is 0 Å². The molecule has 0 saturated heterocycles. The maximum absolute atomic E-state index is 5.51. The van der Waals surface area contributed by atoms with Crippen molar-refractivity contribution in [1.29, 1.82) is 0 Å². The highest BCUT2D eigenvalue weighted by molar-refractivity contribution is 7.98. The molecule has 0 fully saturated rings. The molecule has 2 N–H and O–H groups in total. The second-order valence-corrected chi connectivity index (χ2v) is 4.34. The number of nitrogens with zero attached hydrogens (tertiary/aromatic N) is 2. The van der Waals surface area contributed by atoms with Crippen LogP contribution in [0.15, 0.2) is 4.52 Å². The minimum Gasteiger partial charge on any atom is -0.339 e. The van der Waals surface area contributed by atoms with Crippen LogP contribution in [0.1, 0.15) is 25.6 Å². The number of aryl methyl sites for hydroxylation is 1. The van der Waals surface area contributed by atoms with Crippen LogP contribution in [0.5, 0.6) is 0 Å². The predicted molar refractivity (Wildman–Crippen MR) is 58.1 cm³/mol. The molecule has 5 heteroatoms. The van der Waals surface area contributed by atoms with E-state index in [0.29, 0.717) is 11.8 Å². The van der Waals surface area contributed by atoms with Gasteiger partial charge in [0.25, 0.3) is 0 Å². The Hall–Kier alpha value is -0.550. The Balaban J connectivity index is 2.24. The third-order valence-corrected chi connectivity index (χ3v) is 3.12. The molecule has 4 nitrogen and oxygen atoms in total. The topological polar surface area (TPSA) is 64.9 Å². The van der Waals surface area contributed by atoms with Crippen LogP contribution in [0.3, 0.4) is 0 Å². The van der Waals surface area contributed by atoms with E-state index in [4.69, 9.17) is 10.3 Å².